The summed E-state index contributed by atoms with van der Waals surface area (Å²) < 4.78 is 0. The Bertz CT molecular complexity index is 420. The molecule has 0 fully saturated rings. The van der Waals surface area contributed by atoms with E-state index in [0.717, 1.165) is 19.3 Å². The van der Waals surface area contributed by atoms with Gasteiger partial charge in [0.15, 0.2) is 0 Å². The van der Waals surface area contributed by atoms with E-state index in [1.165, 1.54) is 28.9 Å². The second kappa shape index (κ2) is 3.38. The van der Waals surface area contributed by atoms with Crippen molar-refractivity contribution in [1.82, 2.24) is 0 Å². The van der Waals surface area contributed by atoms with E-state index in [1.807, 2.05) is 0 Å². The summed E-state index contributed by atoms with van der Waals surface area (Å²) in [6.07, 6.45) is 4.56. The molecule has 2 nitrogen and oxygen atoms in total. The number of fused-ring (bicyclic) bond motifs is 1. The molecule has 1 aliphatic heterocycles. The first kappa shape index (κ1) is 8.98. The van der Waals surface area contributed by atoms with Crippen LogP contribution in [0, 0.1) is 0 Å². The SMILES string of the molecule is NC1CCCC2=C1Cc1ccccc1N2. The van der Waals surface area contributed by atoms with Gasteiger partial charge in [0.25, 0.3) is 0 Å². The maximum absolute atomic E-state index is 6.15. The van der Waals surface area contributed by atoms with Gasteiger partial charge in [0.05, 0.1) is 0 Å². The fourth-order valence-electron chi connectivity index (χ4n) is 2.60. The summed E-state index contributed by atoms with van der Waals surface area (Å²) in [7, 11) is 0. The van der Waals surface area contributed by atoms with Crippen LogP contribution in [0.2, 0.25) is 0 Å². The van der Waals surface area contributed by atoms with Gasteiger partial charge in [-0.1, -0.05) is 18.2 Å². The molecular weight excluding hydrogens is 184 g/mol. The minimum absolute atomic E-state index is 0.273. The average molecular weight is 200 g/mol. The normalized spacial score (nSPS) is 24.2. The van der Waals surface area contributed by atoms with Gasteiger partial charge in [-0.05, 0) is 42.9 Å². The van der Waals surface area contributed by atoms with E-state index in [0.29, 0.717) is 0 Å². The van der Waals surface area contributed by atoms with Gasteiger partial charge in [0.1, 0.15) is 0 Å². The molecule has 0 saturated carbocycles. The second-order valence-corrected chi connectivity index (χ2v) is 4.46. The molecule has 15 heavy (non-hydrogen) atoms. The highest BCUT2D eigenvalue weighted by atomic mass is 14.9. The molecule has 2 aliphatic rings. The molecule has 3 rings (SSSR count). The number of nitrogens with one attached hydrogen (secondary N) is 1. The molecule has 78 valence electrons. The first-order valence-electron chi connectivity index (χ1n) is 5.67. The summed E-state index contributed by atoms with van der Waals surface area (Å²) in [6, 6.07) is 8.79. The molecule has 1 heterocycles. The second-order valence-electron chi connectivity index (χ2n) is 4.46. The first-order valence-corrected chi connectivity index (χ1v) is 5.67. The van der Waals surface area contributed by atoms with E-state index >= 15 is 0 Å². The predicted octanol–water partition coefficient (Wildman–Crippen LogP) is 2.42. The average Bonchev–Trinajstić information content (AvgIpc) is 2.27. The van der Waals surface area contributed by atoms with Crippen LogP contribution in [0.3, 0.4) is 0 Å². The van der Waals surface area contributed by atoms with Crippen molar-refractivity contribution in [2.45, 2.75) is 31.7 Å². The Hall–Kier alpha value is -1.28. The molecule has 0 bridgehead atoms. The van der Waals surface area contributed by atoms with E-state index in [4.69, 9.17) is 5.73 Å². The van der Waals surface area contributed by atoms with E-state index in [1.54, 1.807) is 0 Å². The number of benzene rings is 1. The zero-order chi connectivity index (χ0) is 10.3. The Kier molecular flexibility index (Phi) is 2.03. The molecule has 0 spiro atoms. The van der Waals surface area contributed by atoms with Crippen LogP contribution in [0.15, 0.2) is 35.5 Å². The molecule has 0 saturated heterocycles. The highest BCUT2D eigenvalue weighted by Gasteiger charge is 2.24. The Morgan fingerprint density at radius 2 is 2.13 bits per heavy atom. The zero-order valence-electron chi connectivity index (χ0n) is 8.79. The number of allylic oxidation sites excluding steroid dienone is 1. The number of para-hydroxylation sites is 1. The standard InChI is InChI=1S/C13H16N2/c14-11-5-3-7-13-10(11)8-9-4-1-2-6-12(9)15-13/h1-2,4,6,11,15H,3,5,7-8,14H2. The molecule has 0 amide bonds. The van der Waals surface area contributed by atoms with Crippen LogP contribution >= 0.6 is 0 Å². The lowest BCUT2D eigenvalue weighted by molar-refractivity contribution is 0.581. The van der Waals surface area contributed by atoms with E-state index in [-0.39, 0.29) is 6.04 Å². The zero-order valence-corrected chi connectivity index (χ0v) is 8.79. The highest BCUT2D eigenvalue weighted by molar-refractivity contribution is 5.61. The van der Waals surface area contributed by atoms with Crippen LogP contribution < -0.4 is 11.1 Å². The highest BCUT2D eigenvalue weighted by Crippen LogP contribution is 2.34. The first-order chi connectivity index (χ1) is 7.34. The fraction of sp³-hybridized carbons (Fsp3) is 0.385. The molecule has 2 heteroatoms. The Morgan fingerprint density at radius 1 is 1.27 bits per heavy atom. The quantitative estimate of drug-likeness (QED) is 0.675. The van der Waals surface area contributed by atoms with E-state index < -0.39 is 0 Å². The number of hydrogen-bond donors (Lipinski definition) is 2. The number of hydrogen-bond acceptors (Lipinski definition) is 2. The maximum Gasteiger partial charge on any atom is 0.0417 e. The fourth-order valence-corrected chi connectivity index (χ4v) is 2.60. The summed E-state index contributed by atoms with van der Waals surface area (Å²) in [5.41, 5.74) is 11.6. The molecule has 1 aromatic carbocycles. The molecule has 1 unspecified atom stereocenters. The predicted molar refractivity (Wildman–Crippen MR) is 62.6 cm³/mol. The monoisotopic (exact) mass is 200 g/mol. The lowest BCUT2D eigenvalue weighted by Crippen LogP contribution is -2.32. The van der Waals surface area contributed by atoms with Gasteiger partial charge in [-0.15, -0.1) is 0 Å². The summed E-state index contributed by atoms with van der Waals surface area (Å²) in [5.74, 6) is 0. The van der Waals surface area contributed by atoms with Crippen LogP contribution in [0.25, 0.3) is 0 Å². The molecule has 1 aromatic rings. The Balaban J connectivity index is 2.00. The third-order valence-corrected chi connectivity index (χ3v) is 3.46. The third kappa shape index (κ3) is 1.45. The van der Waals surface area contributed by atoms with E-state index in [2.05, 4.69) is 29.6 Å². The van der Waals surface area contributed by atoms with Crippen LogP contribution in [0.5, 0.6) is 0 Å². The molecule has 1 aliphatic carbocycles. The topological polar surface area (TPSA) is 38.0 Å². The van der Waals surface area contributed by atoms with Gasteiger partial charge >= 0.3 is 0 Å². The Labute approximate surface area is 90.2 Å². The van der Waals surface area contributed by atoms with Gasteiger partial charge in [0, 0.05) is 17.4 Å². The summed E-state index contributed by atoms with van der Waals surface area (Å²) in [4.78, 5) is 0. The Morgan fingerprint density at radius 3 is 3.07 bits per heavy atom. The van der Waals surface area contributed by atoms with Crippen molar-refractivity contribution in [1.29, 1.82) is 0 Å². The van der Waals surface area contributed by atoms with Gasteiger partial charge in [-0.3, -0.25) is 0 Å². The maximum atomic E-state index is 6.15. The van der Waals surface area contributed by atoms with Crippen LogP contribution in [0.1, 0.15) is 24.8 Å². The minimum atomic E-state index is 0.273. The van der Waals surface area contributed by atoms with Crippen LogP contribution in [-0.2, 0) is 6.42 Å². The van der Waals surface area contributed by atoms with Crippen molar-refractivity contribution < 1.29 is 0 Å². The molecule has 3 N–H and O–H groups in total. The lowest BCUT2D eigenvalue weighted by atomic mass is 9.85. The van der Waals surface area contributed by atoms with Crippen molar-refractivity contribution in [2.24, 2.45) is 5.73 Å². The molecule has 0 radical (unpaired) electrons. The summed E-state index contributed by atoms with van der Waals surface area (Å²) in [5, 5.41) is 3.53. The molecule has 0 aromatic heterocycles. The van der Waals surface area contributed by atoms with Crippen LogP contribution in [0.4, 0.5) is 5.69 Å². The van der Waals surface area contributed by atoms with Gasteiger partial charge in [-0.25, -0.2) is 0 Å². The van der Waals surface area contributed by atoms with Crippen molar-refractivity contribution in [2.75, 3.05) is 5.32 Å². The summed E-state index contributed by atoms with van der Waals surface area (Å²) in [6.45, 7) is 0. The lowest BCUT2D eigenvalue weighted by Gasteiger charge is -2.31. The molecule has 1 atom stereocenters. The largest absolute Gasteiger partial charge is 0.359 e. The van der Waals surface area contributed by atoms with Crippen molar-refractivity contribution in [3.63, 3.8) is 0 Å². The smallest absolute Gasteiger partial charge is 0.0417 e. The van der Waals surface area contributed by atoms with Gasteiger partial charge in [0.2, 0.25) is 0 Å². The van der Waals surface area contributed by atoms with Crippen molar-refractivity contribution in [3.05, 3.63) is 41.1 Å². The number of rotatable bonds is 0. The minimum Gasteiger partial charge on any atom is -0.359 e. The number of nitrogens with two attached hydrogens (primary N) is 1. The van der Waals surface area contributed by atoms with Gasteiger partial charge in [-0.2, -0.15) is 0 Å². The summed E-state index contributed by atoms with van der Waals surface area (Å²) >= 11 is 0. The van der Waals surface area contributed by atoms with Crippen molar-refractivity contribution in [3.8, 4) is 0 Å². The van der Waals surface area contributed by atoms with Crippen LogP contribution in [-0.4, -0.2) is 6.04 Å². The van der Waals surface area contributed by atoms with Crippen molar-refractivity contribution >= 4 is 5.69 Å². The third-order valence-electron chi connectivity index (χ3n) is 3.46. The molecular formula is C13H16N2. The number of anilines is 1. The van der Waals surface area contributed by atoms with Gasteiger partial charge < -0.3 is 11.1 Å². The van der Waals surface area contributed by atoms with E-state index in [9.17, 15) is 0 Å².